The molecule has 1 aromatic heterocycles. The number of nitrogens with one attached hydrogen (secondary N) is 1. The van der Waals surface area contributed by atoms with Crippen molar-refractivity contribution in [2.45, 2.75) is 11.7 Å². The monoisotopic (exact) mass is 253 g/mol. The first-order valence-electron chi connectivity index (χ1n) is 5.02. The van der Waals surface area contributed by atoms with E-state index in [1.54, 1.807) is 12.1 Å². The Labute approximate surface area is 102 Å². The third-order valence-electron chi connectivity index (χ3n) is 2.04. The molecule has 0 aliphatic carbocycles. The number of aliphatic hydroxyl groups is 1. The number of thioether (sulfide) groups is 1. The van der Waals surface area contributed by atoms with Gasteiger partial charge in [0.2, 0.25) is 5.91 Å². The van der Waals surface area contributed by atoms with Crippen LogP contribution in [0.3, 0.4) is 0 Å². The molecule has 0 spiro atoms. The summed E-state index contributed by atoms with van der Waals surface area (Å²) < 4.78 is 5.03. The van der Waals surface area contributed by atoms with Crippen LogP contribution < -0.4 is 5.32 Å². The van der Waals surface area contributed by atoms with Crippen molar-refractivity contribution in [1.29, 1.82) is 0 Å². The Morgan fingerprint density at radius 2 is 2.53 bits per heavy atom. The van der Waals surface area contributed by atoms with E-state index in [9.17, 15) is 4.79 Å². The number of aliphatic hydroxyl groups excluding tert-OH is 1. The van der Waals surface area contributed by atoms with Crippen molar-refractivity contribution in [3.05, 3.63) is 24.2 Å². The van der Waals surface area contributed by atoms with Crippen LogP contribution in [0.15, 0.2) is 33.0 Å². The van der Waals surface area contributed by atoms with Gasteiger partial charge in [-0.05, 0) is 18.6 Å². The molecular weight excluding hydrogens is 242 g/mol. The largest absolute Gasteiger partial charge is 0.463 e. The summed E-state index contributed by atoms with van der Waals surface area (Å²) in [7, 11) is 0. The van der Waals surface area contributed by atoms with Crippen LogP contribution in [0, 0.1) is 0 Å². The normalized spacial score (nSPS) is 22.5. The van der Waals surface area contributed by atoms with Crippen molar-refractivity contribution >= 4 is 29.1 Å². The van der Waals surface area contributed by atoms with E-state index in [-0.39, 0.29) is 17.8 Å². The molecule has 1 fully saturated rings. The Morgan fingerprint density at radius 3 is 3.24 bits per heavy atom. The number of hydrogen-bond donors (Lipinski definition) is 2. The van der Waals surface area contributed by atoms with Crippen molar-refractivity contribution in [2.75, 3.05) is 6.61 Å². The van der Waals surface area contributed by atoms with Gasteiger partial charge in [0.15, 0.2) is 5.17 Å². The van der Waals surface area contributed by atoms with E-state index in [0.717, 1.165) is 0 Å². The van der Waals surface area contributed by atoms with Gasteiger partial charge in [-0.25, -0.2) is 0 Å². The van der Waals surface area contributed by atoms with E-state index in [2.05, 4.69) is 15.5 Å². The van der Waals surface area contributed by atoms with E-state index in [4.69, 9.17) is 9.52 Å². The summed E-state index contributed by atoms with van der Waals surface area (Å²) in [5, 5.41) is 19.2. The van der Waals surface area contributed by atoms with E-state index >= 15 is 0 Å². The summed E-state index contributed by atoms with van der Waals surface area (Å²) in [6.07, 6.45) is 3.41. The molecule has 90 valence electrons. The fraction of sp³-hybridized carbons (Fsp3) is 0.300. The highest BCUT2D eigenvalue weighted by molar-refractivity contribution is 8.15. The Balaban J connectivity index is 1.93. The average molecular weight is 253 g/mol. The van der Waals surface area contributed by atoms with Crippen molar-refractivity contribution in [1.82, 2.24) is 5.32 Å². The van der Waals surface area contributed by atoms with Crippen molar-refractivity contribution in [3.63, 3.8) is 0 Å². The highest BCUT2D eigenvalue weighted by Crippen LogP contribution is 2.21. The number of nitrogens with zero attached hydrogens (tertiary/aromatic N) is 2. The quantitative estimate of drug-likeness (QED) is 0.607. The first kappa shape index (κ1) is 11.9. The van der Waals surface area contributed by atoms with Crippen molar-refractivity contribution < 1.29 is 14.3 Å². The summed E-state index contributed by atoms with van der Waals surface area (Å²) in [4.78, 5) is 11.4. The third-order valence-corrected chi connectivity index (χ3v) is 3.19. The summed E-state index contributed by atoms with van der Waals surface area (Å²) in [6.45, 7) is -0.0198. The lowest BCUT2D eigenvalue weighted by Gasteiger charge is -1.98. The second-order valence-electron chi connectivity index (χ2n) is 3.27. The summed E-state index contributed by atoms with van der Waals surface area (Å²) in [6, 6.07) is 3.50. The van der Waals surface area contributed by atoms with Gasteiger partial charge in [0.25, 0.3) is 0 Å². The van der Waals surface area contributed by atoms with E-state index in [1.807, 2.05) is 0 Å². The lowest BCUT2D eigenvalue weighted by Crippen LogP contribution is -2.25. The van der Waals surface area contributed by atoms with Gasteiger partial charge in [-0.3, -0.25) is 4.79 Å². The third kappa shape index (κ3) is 3.18. The van der Waals surface area contributed by atoms with E-state index < -0.39 is 0 Å². The molecule has 2 N–H and O–H groups in total. The second-order valence-corrected chi connectivity index (χ2v) is 4.46. The minimum atomic E-state index is -0.280. The summed E-state index contributed by atoms with van der Waals surface area (Å²) >= 11 is 1.27. The van der Waals surface area contributed by atoms with Gasteiger partial charge in [-0.15, -0.1) is 5.10 Å². The zero-order valence-electron chi connectivity index (χ0n) is 8.87. The molecule has 1 saturated heterocycles. The van der Waals surface area contributed by atoms with Crippen LogP contribution in [-0.4, -0.2) is 34.3 Å². The Morgan fingerprint density at radius 1 is 1.65 bits per heavy atom. The molecule has 1 amide bonds. The fourth-order valence-corrected chi connectivity index (χ4v) is 2.17. The van der Waals surface area contributed by atoms with Crippen molar-refractivity contribution in [2.24, 2.45) is 10.2 Å². The van der Waals surface area contributed by atoms with Gasteiger partial charge in [0.05, 0.1) is 17.7 Å². The van der Waals surface area contributed by atoms with Crippen LogP contribution >= 0.6 is 11.8 Å². The lowest BCUT2D eigenvalue weighted by molar-refractivity contribution is -0.119. The molecule has 1 unspecified atom stereocenters. The number of carbonyl (C=O) groups is 1. The van der Waals surface area contributed by atoms with Crippen LogP contribution in [0.1, 0.15) is 12.2 Å². The van der Waals surface area contributed by atoms with Crippen LogP contribution in [-0.2, 0) is 4.79 Å². The Hall–Kier alpha value is -1.60. The number of furan rings is 1. The number of carbonyl (C=O) groups excluding carboxylic acids is 1. The van der Waals surface area contributed by atoms with Gasteiger partial charge in [0.1, 0.15) is 5.76 Å². The van der Waals surface area contributed by atoms with Crippen LogP contribution in [0.4, 0.5) is 0 Å². The minimum absolute atomic E-state index is 0.0198. The van der Waals surface area contributed by atoms with E-state index in [0.29, 0.717) is 17.3 Å². The fourth-order valence-electron chi connectivity index (χ4n) is 1.26. The van der Waals surface area contributed by atoms with Crippen LogP contribution in [0.25, 0.3) is 0 Å². The topological polar surface area (TPSA) is 87.2 Å². The smallest absolute Gasteiger partial charge is 0.239 e. The predicted octanol–water partition coefficient (Wildman–Crippen LogP) is 0.583. The summed E-state index contributed by atoms with van der Waals surface area (Å²) in [5.41, 5.74) is 0. The number of rotatable bonds is 4. The molecule has 0 radical (unpaired) electrons. The van der Waals surface area contributed by atoms with Crippen LogP contribution in [0.5, 0.6) is 0 Å². The molecule has 7 heteroatoms. The predicted molar refractivity (Wildman–Crippen MR) is 65.0 cm³/mol. The maximum Gasteiger partial charge on any atom is 0.239 e. The average Bonchev–Trinajstić information content (AvgIpc) is 2.91. The molecule has 0 aromatic carbocycles. The number of hydrogen-bond acceptors (Lipinski definition) is 6. The maximum atomic E-state index is 11.4. The van der Waals surface area contributed by atoms with Gasteiger partial charge >= 0.3 is 0 Å². The highest BCUT2D eigenvalue weighted by Gasteiger charge is 2.29. The standard InChI is InChI=1S/C10H11N3O3S/c14-4-3-8-9(15)12-10(17-8)13-11-6-7-2-1-5-16-7/h1-2,5-6,8,14H,3-4H2,(H,12,13,15)/b11-6+. The highest BCUT2D eigenvalue weighted by atomic mass is 32.2. The van der Waals surface area contributed by atoms with Crippen LogP contribution in [0.2, 0.25) is 0 Å². The van der Waals surface area contributed by atoms with Gasteiger partial charge < -0.3 is 14.8 Å². The first-order chi connectivity index (χ1) is 8.29. The summed E-state index contributed by atoms with van der Waals surface area (Å²) in [5.74, 6) is 0.451. The molecule has 2 heterocycles. The van der Waals surface area contributed by atoms with Crippen molar-refractivity contribution in [3.8, 4) is 0 Å². The van der Waals surface area contributed by atoms with E-state index in [1.165, 1.54) is 24.2 Å². The molecule has 6 nitrogen and oxygen atoms in total. The minimum Gasteiger partial charge on any atom is -0.463 e. The zero-order valence-corrected chi connectivity index (χ0v) is 9.68. The molecule has 1 aliphatic rings. The second kappa shape index (κ2) is 5.65. The molecule has 0 bridgehead atoms. The first-order valence-corrected chi connectivity index (χ1v) is 5.90. The zero-order chi connectivity index (χ0) is 12.1. The molecule has 1 atom stereocenters. The number of amidine groups is 1. The molecule has 0 saturated carbocycles. The number of amides is 1. The molecular formula is C10H11N3O3S. The maximum absolute atomic E-state index is 11.4. The molecule has 17 heavy (non-hydrogen) atoms. The van der Waals surface area contributed by atoms with Gasteiger partial charge in [-0.2, -0.15) is 5.10 Å². The Bertz CT molecular complexity index is 442. The lowest BCUT2D eigenvalue weighted by atomic mass is 10.3. The molecule has 2 rings (SSSR count). The van der Waals surface area contributed by atoms with Gasteiger partial charge in [-0.1, -0.05) is 11.8 Å². The SMILES string of the molecule is O=C1NC(=N/N=C/c2ccco2)SC1CCO. The molecule has 1 aliphatic heterocycles. The van der Waals surface area contributed by atoms with Gasteiger partial charge in [0, 0.05) is 6.61 Å². The Kier molecular flexibility index (Phi) is 3.94. The molecule has 1 aromatic rings.